The molecule has 0 saturated carbocycles. The highest BCUT2D eigenvalue weighted by Gasteiger charge is 2.24. The Hall–Kier alpha value is -1.36. The van der Waals surface area contributed by atoms with Gasteiger partial charge in [-0.2, -0.15) is 0 Å². The molecule has 1 atom stereocenters. The third-order valence-corrected chi connectivity index (χ3v) is 3.98. The highest BCUT2D eigenvalue weighted by molar-refractivity contribution is 5.50. The molecule has 118 valence electrons. The van der Waals surface area contributed by atoms with Gasteiger partial charge in [0.15, 0.2) is 0 Å². The Morgan fingerprint density at radius 2 is 1.95 bits per heavy atom. The zero-order valence-electron chi connectivity index (χ0n) is 14.3. The first-order chi connectivity index (χ1) is 9.81. The molecule has 1 unspecified atom stereocenters. The molecule has 2 rings (SSSR count). The summed E-state index contributed by atoms with van der Waals surface area (Å²) < 4.78 is 0. The van der Waals surface area contributed by atoms with Crippen LogP contribution in [0.5, 0.6) is 0 Å². The van der Waals surface area contributed by atoms with Gasteiger partial charge >= 0.3 is 0 Å². The number of nitrogens with zero attached hydrogens (tertiary/aromatic N) is 4. The minimum Gasteiger partial charge on any atom is -0.373 e. The summed E-state index contributed by atoms with van der Waals surface area (Å²) in [4.78, 5) is 14.3. The molecule has 5 heteroatoms. The molecule has 1 aromatic rings. The molecule has 0 amide bonds. The van der Waals surface area contributed by atoms with Crippen molar-refractivity contribution in [3.8, 4) is 0 Å². The number of hydrogen-bond acceptors (Lipinski definition) is 5. The Morgan fingerprint density at radius 3 is 2.57 bits per heavy atom. The molecule has 5 nitrogen and oxygen atoms in total. The maximum absolute atomic E-state index is 4.85. The van der Waals surface area contributed by atoms with Gasteiger partial charge in [0.25, 0.3) is 0 Å². The van der Waals surface area contributed by atoms with Crippen molar-refractivity contribution >= 4 is 11.6 Å². The van der Waals surface area contributed by atoms with Crippen molar-refractivity contribution in [1.29, 1.82) is 0 Å². The molecule has 0 bridgehead atoms. The van der Waals surface area contributed by atoms with Gasteiger partial charge in [-0.25, -0.2) is 9.97 Å². The molecular weight excluding hydrogens is 262 g/mol. The van der Waals surface area contributed by atoms with Gasteiger partial charge in [0, 0.05) is 37.7 Å². The van der Waals surface area contributed by atoms with Crippen LogP contribution in [0.3, 0.4) is 0 Å². The van der Waals surface area contributed by atoms with Crippen LogP contribution in [0.25, 0.3) is 0 Å². The van der Waals surface area contributed by atoms with Crippen LogP contribution in [0.1, 0.15) is 39.9 Å². The monoisotopic (exact) mass is 291 g/mol. The SMILES string of the molecule is CNc1cc(N2CCCN(C)CC2C)nc(C(C)(C)C)n1. The summed E-state index contributed by atoms with van der Waals surface area (Å²) in [5.41, 5.74) is -0.0481. The van der Waals surface area contributed by atoms with Gasteiger partial charge in [-0.15, -0.1) is 0 Å². The third-order valence-electron chi connectivity index (χ3n) is 3.98. The first-order valence-corrected chi connectivity index (χ1v) is 7.84. The summed E-state index contributed by atoms with van der Waals surface area (Å²) in [6, 6.07) is 2.53. The molecule has 21 heavy (non-hydrogen) atoms. The molecule has 1 saturated heterocycles. The van der Waals surface area contributed by atoms with E-state index in [0.29, 0.717) is 6.04 Å². The lowest BCUT2D eigenvalue weighted by atomic mass is 9.95. The van der Waals surface area contributed by atoms with Crippen molar-refractivity contribution in [2.75, 3.05) is 43.9 Å². The van der Waals surface area contributed by atoms with Gasteiger partial charge in [-0.1, -0.05) is 20.8 Å². The van der Waals surface area contributed by atoms with Crippen molar-refractivity contribution in [2.24, 2.45) is 0 Å². The zero-order chi connectivity index (χ0) is 15.6. The maximum atomic E-state index is 4.85. The molecule has 1 fully saturated rings. The van der Waals surface area contributed by atoms with E-state index in [1.165, 1.54) is 6.42 Å². The third kappa shape index (κ3) is 3.84. The molecular formula is C16H29N5. The zero-order valence-corrected chi connectivity index (χ0v) is 14.3. The Labute approximate surface area is 128 Å². The quantitative estimate of drug-likeness (QED) is 0.906. The number of nitrogens with one attached hydrogen (secondary N) is 1. The van der Waals surface area contributed by atoms with Gasteiger partial charge in [0.05, 0.1) is 0 Å². The fourth-order valence-corrected chi connectivity index (χ4v) is 2.76. The summed E-state index contributed by atoms with van der Waals surface area (Å²) in [6.45, 7) is 12.0. The van der Waals surface area contributed by atoms with Gasteiger partial charge in [-0.3, -0.25) is 0 Å². The van der Waals surface area contributed by atoms with E-state index in [2.05, 4.69) is 60.9 Å². The fraction of sp³-hybridized carbons (Fsp3) is 0.750. The average molecular weight is 291 g/mol. The molecule has 0 aromatic carbocycles. The Bertz CT molecular complexity index is 480. The summed E-state index contributed by atoms with van der Waals surface area (Å²) in [7, 11) is 4.11. The summed E-state index contributed by atoms with van der Waals surface area (Å²) in [5, 5.41) is 3.17. The molecule has 1 N–H and O–H groups in total. The largest absolute Gasteiger partial charge is 0.373 e. The summed E-state index contributed by atoms with van der Waals surface area (Å²) in [5.74, 6) is 2.84. The number of likely N-dealkylation sites (N-methyl/N-ethyl adjacent to an activating group) is 1. The van der Waals surface area contributed by atoms with Crippen molar-refractivity contribution in [3.63, 3.8) is 0 Å². The van der Waals surface area contributed by atoms with Crippen molar-refractivity contribution in [2.45, 2.75) is 45.6 Å². The minimum absolute atomic E-state index is 0.0481. The number of rotatable bonds is 2. The Balaban J connectivity index is 2.37. The smallest absolute Gasteiger partial charge is 0.138 e. The van der Waals surface area contributed by atoms with E-state index in [1.807, 2.05) is 7.05 Å². The minimum atomic E-state index is -0.0481. The van der Waals surface area contributed by atoms with E-state index in [-0.39, 0.29) is 5.41 Å². The second kappa shape index (κ2) is 6.18. The summed E-state index contributed by atoms with van der Waals surface area (Å²) in [6.07, 6.45) is 1.17. The molecule has 0 radical (unpaired) electrons. The summed E-state index contributed by atoms with van der Waals surface area (Å²) >= 11 is 0. The van der Waals surface area contributed by atoms with Crippen LogP contribution >= 0.6 is 0 Å². The van der Waals surface area contributed by atoms with E-state index in [0.717, 1.165) is 37.1 Å². The molecule has 1 aliphatic heterocycles. The van der Waals surface area contributed by atoms with E-state index < -0.39 is 0 Å². The first kappa shape index (κ1) is 16.0. The van der Waals surface area contributed by atoms with E-state index in [9.17, 15) is 0 Å². The van der Waals surface area contributed by atoms with Gasteiger partial charge < -0.3 is 15.1 Å². The van der Waals surface area contributed by atoms with Crippen molar-refractivity contribution < 1.29 is 0 Å². The van der Waals surface area contributed by atoms with Crippen LogP contribution < -0.4 is 10.2 Å². The first-order valence-electron chi connectivity index (χ1n) is 7.84. The lowest BCUT2D eigenvalue weighted by Crippen LogP contribution is -2.39. The number of hydrogen-bond donors (Lipinski definition) is 1. The standard InChI is InChI=1S/C16H29N5/c1-12-11-20(6)8-7-9-21(12)14-10-13(17-5)18-15(19-14)16(2,3)4/h10,12H,7-9,11H2,1-6H3,(H,17,18,19). The molecule has 0 spiro atoms. The second-order valence-electron chi connectivity index (χ2n) is 7.09. The topological polar surface area (TPSA) is 44.3 Å². The normalized spacial score (nSPS) is 21.2. The second-order valence-corrected chi connectivity index (χ2v) is 7.09. The molecule has 1 aromatic heterocycles. The van der Waals surface area contributed by atoms with Crippen molar-refractivity contribution in [3.05, 3.63) is 11.9 Å². The Kier molecular flexibility index (Phi) is 4.71. The molecule has 1 aliphatic rings. The predicted molar refractivity (Wildman–Crippen MR) is 89.2 cm³/mol. The van der Waals surface area contributed by atoms with Crippen LogP contribution in [-0.4, -0.2) is 54.6 Å². The van der Waals surface area contributed by atoms with Crippen LogP contribution in [0.4, 0.5) is 11.6 Å². The van der Waals surface area contributed by atoms with Gasteiger partial charge in [-0.05, 0) is 26.9 Å². The van der Waals surface area contributed by atoms with Gasteiger partial charge in [0.1, 0.15) is 17.5 Å². The molecule has 0 aliphatic carbocycles. The van der Waals surface area contributed by atoms with Crippen LogP contribution in [0.15, 0.2) is 6.07 Å². The van der Waals surface area contributed by atoms with E-state index in [1.54, 1.807) is 0 Å². The van der Waals surface area contributed by atoms with E-state index in [4.69, 9.17) is 4.98 Å². The lowest BCUT2D eigenvalue weighted by molar-refractivity contribution is 0.337. The van der Waals surface area contributed by atoms with Gasteiger partial charge in [0.2, 0.25) is 0 Å². The maximum Gasteiger partial charge on any atom is 0.138 e. The van der Waals surface area contributed by atoms with Crippen LogP contribution in [0, 0.1) is 0 Å². The lowest BCUT2D eigenvalue weighted by Gasteiger charge is -2.30. The number of anilines is 2. The predicted octanol–water partition coefficient (Wildman–Crippen LogP) is 2.35. The highest BCUT2D eigenvalue weighted by atomic mass is 15.3. The van der Waals surface area contributed by atoms with Crippen LogP contribution in [0.2, 0.25) is 0 Å². The van der Waals surface area contributed by atoms with E-state index >= 15 is 0 Å². The number of aromatic nitrogens is 2. The molecule has 2 heterocycles. The fourth-order valence-electron chi connectivity index (χ4n) is 2.76. The van der Waals surface area contributed by atoms with Crippen molar-refractivity contribution in [1.82, 2.24) is 14.9 Å². The average Bonchev–Trinajstić information content (AvgIpc) is 2.57. The van der Waals surface area contributed by atoms with Crippen LogP contribution in [-0.2, 0) is 5.41 Å². The highest BCUT2D eigenvalue weighted by Crippen LogP contribution is 2.26. The Morgan fingerprint density at radius 1 is 1.24 bits per heavy atom.